The fourth-order valence-electron chi connectivity index (χ4n) is 3.77. The molecule has 8 nitrogen and oxygen atoms in total. The first-order valence-corrected chi connectivity index (χ1v) is 13.1. The number of para-hydroxylation sites is 1. The minimum atomic E-state index is -0.661. The summed E-state index contributed by atoms with van der Waals surface area (Å²) in [6.07, 6.45) is 1.34. The lowest BCUT2D eigenvalue weighted by atomic mass is 10.0. The highest BCUT2D eigenvalue weighted by molar-refractivity contribution is 8.01. The molecule has 0 spiro atoms. The van der Waals surface area contributed by atoms with Crippen LogP contribution in [0.4, 0.5) is 11.4 Å². The van der Waals surface area contributed by atoms with Crippen LogP contribution < -0.4 is 10.2 Å². The van der Waals surface area contributed by atoms with Crippen LogP contribution in [0, 0.1) is 24.0 Å². The molecule has 1 aliphatic rings. The number of nitrogens with one attached hydrogen (secondary N) is 1. The molecule has 11 heteroatoms. The Balaban J connectivity index is 1.48. The molecule has 3 aromatic carbocycles. The first-order valence-electron chi connectivity index (χ1n) is 11.0. The number of hydrogen-bond donors (Lipinski definition) is 1. The Morgan fingerprint density at radius 1 is 1.08 bits per heavy atom. The number of nitrogens with zero attached hydrogens (tertiary/aromatic N) is 3. The Bertz CT molecular complexity index is 1630. The summed E-state index contributed by atoms with van der Waals surface area (Å²) >= 11 is 7.91. The molecule has 0 aliphatic carbocycles. The van der Waals surface area contributed by atoms with E-state index in [0.717, 1.165) is 21.3 Å². The molecule has 0 radical (unpaired) electrons. The number of nitro groups is 1. The molecule has 0 unspecified atom stereocenters. The van der Waals surface area contributed by atoms with Gasteiger partial charge in [0, 0.05) is 6.07 Å². The minimum absolute atomic E-state index is 0.0241. The normalized spacial score (nSPS) is 14.9. The number of thiazole rings is 1. The molecule has 1 N–H and O–H groups in total. The van der Waals surface area contributed by atoms with Crippen molar-refractivity contribution in [3.63, 3.8) is 0 Å². The number of rotatable bonds is 5. The summed E-state index contributed by atoms with van der Waals surface area (Å²) < 4.78 is 1.66. The molecule has 184 valence electrons. The lowest BCUT2D eigenvalue weighted by Gasteiger charge is -2.29. The van der Waals surface area contributed by atoms with E-state index in [0.29, 0.717) is 20.5 Å². The molecule has 1 aromatic heterocycles. The predicted octanol–water partition coefficient (Wildman–Crippen LogP) is 5.80. The zero-order chi connectivity index (χ0) is 26.3. The van der Waals surface area contributed by atoms with Gasteiger partial charge in [-0.2, -0.15) is 0 Å². The Labute approximate surface area is 225 Å². The Kier molecular flexibility index (Phi) is 6.59. The molecule has 0 atom stereocenters. The van der Waals surface area contributed by atoms with Crippen molar-refractivity contribution in [2.45, 2.75) is 23.1 Å². The van der Waals surface area contributed by atoms with Crippen LogP contribution in [-0.2, 0) is 9.59 Å². The number of thiocarbonyl (C=S) groups is 1. The van der Waals surface area contributed by atoms with Crippen molar-refractivity contribution < 1.29 is 14.5 Å². The van der Waals surface area contributed by atoms with Crippen molar-refractivity contribution >= 4 is 79.9 Å². The second-order valence-corrected chi connectivity index (χ2v) is 11.0. The summed E-state index contributed by atoms with van der Waals surface area (Å²) in [4.78, 5) is 43.6. The zero-order valence-corrected chi connectivity index (χ0v) is 22.0. The minimum Gasteiger partial charge on any atom is -0.298 e. The van der Waals surface area contributed by atoms with Crippen LogP contribution in [0.2, 0.25) is 0 Å². The molecule has 1 aliphatic heterocycles. The van der Waals surface area contributed by atoms with Crippen LogP contribution in [0.5, 0.6) is 0 Å². The van der Waals surface area contributed by atoms with Crippen molar-refractivity contribution in [1.29, 1.82) is 0 Å². The van der Waals surface area contributed by atoms with E-state index in [9.17, 15) is 19.7 Å². The predicted molar refractivity (Wildman–Crippen MR) is 149 cm³/mol. The standard InChI is InChI=1S/C26H18N4O4S3/c1-14-7-9-17(11-15(14)2)29-24(32)18(23(31)28-25(29)35)12-16-8-10-22(20(13-16)30(33)34)37-26-27-19-5-3-4-6-21(19)36-26/h3-13H,1-2H3,(H,28,31,35)/b18-12+. The number of carbonyl (C=O) groups is 2. The largest absolute Gasteiger partial charge is 0.298 e. The molecule has 4 aromatic rings. The number of nitro benzene ring substituents is 1. The summed E-state index contributed by atoms with van der Waals surface area (Å²) in [6, 6.07) is 17.6. The first kappa shape index (κ1) is 24.8. The van der Waals surface area contributed by atoms with Gasteiger partial charge in [-0.3, -0.25) is 29.9 Å². The van der Waals surface area contributed by atoms with Crippen molar-refractivity contribution in [2.24, 2.45) is 0 Å². The molecule has 2 heterocycles. The molecule has 5 rings (SSSR count). The number of hydrogen-bond acceptors (Lipinski definition) is 8. The topological polar surface area (TPSA) is 105 Å². The van der Waals surface area contributed by atoms with Crippen molar-refractivity contribution in [3.8, 4) is 0 Å². The summed E-state index contributed by atoms with van der Waals surface area (Å²) in [7, 11) is 0. The Morgan fingerprint density at radius 2 is 1.86 bits per heavy atom. The molecule has 37 heavy (non-hydrogen) atoms. The van der Waals surface area contributed by atoms with Crippen molar-refractivity contribution in [1.82, 2.24) is 10.3 Å². The maximum atomic E-state index is 13.3. The van der Waals surface area contributed by atoms with Gasteiger partial charge in [-0.15, -0.1) is 11.3 Å². The summed E-state index contributed by atoms with van der Waals surface area (Å²) in [5.41, 5.74) is 3.38. The summed E-state index contributed by atoms with van der Waals surface area (Å²) in [5, 5.41) is 14.4. The van der Waals surface area contributed by atoms with E-state index in [-0.39, 0.29) is 16.4 Å². The van der Waals surface area contributed by atoms with E-state index in [2.05, 4.69) is 10.3 Å². The molecule has 2 amide bonds. The SMILES string of the molecule is Cc1ccc(N2C(=O)/C(=C/c3ccc(Sc4nc5ccccc5s4)c([N+](=O)[O-])c3)C(=O)NC2=S)cc1C. The Hall–Kier alpha value is -3.93. The van der Waals surface area contributed by atoms with E-state index < -0.39 is 16.7 Å². The number of aryl methyl sites for hydroxylation is 2. The van der Waals surface area contributed by atoms with Gasteiger partial charge in [0.2, 0.25) is 0 Å². The van der Waals surface area contributed by atoms with Gasteiger partial charge in [-0.25, -0.2) is 4.98 Å². The van der Waals surface area contributed by atoms with Crippen LogP contribution in [-0.4, -0.2) is 26.8 Å². The maximum absolute atomic E-state index is 13.3. The summed E-state index contributed by atoms with van der Waals surface area (Å²) in [5.74, 6) is -1.27. The fraction of sp³-hybridized carbons (Fsp3) is 0.0769. The third kappa shape index (κ3) is 4.88. The van der Waals surface area contributed by atoms with E-state index in [1.54, 1.807) is 18.2 Å². The second kappa shape index (κ2) is 9.85. The third-order valence-electron chi connectivity index (χ3n) is 5.81. The number of amides is 2. The van der Waals surface area contributed by atoms with Crippen LogP contribution in [0.1, 0.15) is 16.7 Å². The van der Waals surface area contributed by atoms with E-state index in [1.807, 2.05) is 50.2 Å². The maximum Gasteiger partial charge on any atom is 0.283 e. The molecular formula is C26H18N4O4S3. The highest BCUT2D eigenvalue weighted by Crippen LogP contribution is 2.39. The smallest absolute Gasteiger partial charge is 0.283 e. The van der Waals surface area contributed by atoms with Crippen LogP contribution >= 0.6 is 35.3 Å². The van der Waals surface area contributed by atoms with Gasteiger partial charge in [0.1, 0.15) is 5.57 Å². The van der Waals surface area contributed by atoms with Gasteiger partial charge in [0.25, 0.3) is 17.5 Å². The molecule has 0 saturated carbocycles. The van der Waals surface area contributed by atoms with E-state index >= 15 is 0 Å². The van der Waals surface area contributed by atoms with Crippen LogP contribution in [0.3, 0.4) is 0 Å². The monoisotopic (exact) mass is 546 g/mol. The van der Waals surface area contributed by atoms with Gasteiger partial charge < -0.3 is 0 Å². The lowest BCUT2D eigenvalue weighted by molar-refractivity contribution is -0.387. The van der Waals surface area contributed by atoms with Crippen molar-refractivity contribution in [3.05, 3.63) is 93.0 Å². The number of aromatic nitrogens is 1. The molecular weight excluding hydrogens is 529 g/mol. The van der Waals surface area contributed by atoms with E-state index in [4.69, 9.17) is 12.2 Å². The average molecular weight is 547 g/mol. The molecule has 0 bridgehead atoms. The lowest BCUT2D eigenvalue weighted by Crippen LogP contribution is -2.54. The highest BCUT2D eigenvalue weighted by atomic mass is 32.2. The number of anilines is 1. The van der Waals surface area contributed by atoms with Crippen molar-refractivity contribution in [2.75, 3.05) is 4.90 Å². The van der Waals surface area contributed by atoms with Gasteiger partial charge in [-0.1, -0.05) is 36.0 Å². The quantitative estimate of drug-likeness (QED) is 0.111. The Morgan fingerprint density at radius 3 is 2.59 bits per heavy atom. The van der Waals surface area contributed by atoms with Crippen LogP contribution in [0.25, 0.3) is 16.3 Å². The third-order valence-corrected chi connectivity index (χ3v) is 8.26. The van der Waals surface area contributed by atoms with Gasteiger partial charge in [0.05, 0.1) is 25.7 Å². The number of fused-ring (bicyclic) bond motifs is 1. The van der Waals surface area contributed by atoms with Gasteiger partial charge in [0.15, 0.2) is 9.45 Å². The van der Waals surface area contributed by atoms with Crippen LogP contribution in [0.15, 0.2) is 75.5 Å². The molecule has 1 saturated heterocycles. The number of benzene rings is 3. The summed E-state index contributed by atoms with van der Waals surface area (Å²) in [6.45, 7) is 3.87. The first-order chi connectivity index (χ1) is 17.7. The van der Waals surface area contributed by atoms with Gasteiger partial charge >= 0.3 is 0 Å². The molecule has 1 fully saturated rings. The second-order valence-electron chi connectivity index (χ2n) is 8.26. The van der Waals surface area contributed by atoms with Gasteiger partial charge in [-0.05, 0) is 79.2 Å². The number of carbonyl (C=O) groups excluding carboxylic acids is 2. The van der Waals surface area contributed by atoms with E-state index in [1.165, 1.54) is 40.1 Å². The fourth-order valence-corrected chi connectivity index (χ4v) is 6.15. The zero-order valence-electron chi connectivity index (χ0n) is 19.6. The average Bonchev–Trinajstić information content (AvgIpc) is 3.27. The highest BCUT2D eigenvalue weighted by Gasteiger charge is 2.34.